The number of rotatable bonds is 6. The topological polar surface area (TPSA) is 44.5 Å². The average molecular weight is 285 g/mol. The molecule has 0 bridgehead atoms. The van der Waals surface area contributed by atoms with Crippen LogP contribution in [0.25, 0.3) is 0 Å². The summed E-state index contributed by atoms with van der Waals surface area (Å²) in [5.74, 6) is 1.64. The van der Waals surface area contributed by atoms with E-state index in [0.29, 0.717) is 6.61 Å². The third kappa shape index (κ3) is 4.23. The first-order chi connectivity index (χ1) is 10.1. The van der Waals surface area contributed by atoms with Crippen LogP contribution in [0, 0.1) is 6.92 Å². The van der Waals surface area contributed by atoms with Crippen molar-refractivity contribution >= 4 is 0 Å². The van der Waals surface area contributed by atoms with E-state index >= 15 is 0 Å². The average Bonchev–Trinajstić information content (AvgIpc) is 2.46. The summed E-state index contributed by atoms with van der Waals surface area (Å²) in [7, 11) is 0. The van der Waals surface area contributed by atoms with Gasteiger partial charge >= 0.3 is 0 Å². The molecular formula is C18H23NO2. The summed E-state index contributed by atoms with van der Waals surface area (Å²) in [4.78, 5) is 0. The second-order valence-electron chi connectivity index (χ2n) is 5.22. The molecule has 3 heteroatoms. The van der Waals surface area contributed by atoms with Crippen LogP contribution in [0.5, 0.6) is 11.5 Å². The van der Waals surface area contributed by atoms with Crippen LogP contribution in [-0.4, -0.2) is 12.6 Å². The Labute approximate surface area is 126 Å². The molecule has 0 saturated carbocycles. The van der Waals surface area contributed by atoms with Gasteiger partial charge in [-0.3, -0.25) is 0 Å². The fraction of sp³-hybridized carbons (Fsp3) is 0.333. The van der Waals surface area contributed by atoms with E-state index in [9.17, 15) is 0 Å². The van der Waals surface area contributed by atoms with E-state index < -0.39 is 0 Å². The van der Waals surface area contributed by atoms with Crippen molar-refractivity contribution in [2.45, 2.75) is 32.9 Å². The molecule has 0 fully saturated rings. The Hall–Kier alpha value is -2.00. The minimum atomic E-state index is -0.164. The summed E-state index contributed by atoms with van der Waals surface area (Å²) in [6.45, 7) is 6.65. The maximum atomic E-state index is 6.09. The van der Waals surface area contributed by atoms with E-state index in [1.54, 1.807) is 0 Å². The molecule has 0 heterocycles. The minimum Gasteiger partial charge on any atom is -0.494 e. The van der Waals surface area contributed by atoms with E-state index in [-0.39, 0.29) is 12.1 Å². The van der Waals surface area contributed by atoms with Gasteiger partial charge in [-0.1, -0.05) is 29.8 Å². The Balaban J connectivity index is 2.16. The lowest BCUT2D eigenvalue weighted by molar-refractivity contribution is 0.180. The molecule has 0 saturated heterocycles. The van der Waals surface area contributed by atoms with Crippen molar-refractivity contribution in [3.8, 4) is 11.5 Å². The van der Waals surface area contributed by atoms with E-state index in [2.05, 4.69) is 25.1 Å². The standard InChI is InChI=1S/C18H23NO2/c1-4-20-16-8-10-17(11-9-16)21-18(14(3)19)15-7-5-6-13(2)12-15/h5-12,14,18H,4,19H2,1-3H3. The molecule has 0 aliphatic rings. The van der Waals surface area contributed by atoms with E-state index in [1.165, 1.54) is 5.56 Å². The molecule has 2 aromatic rings. The second kappa shape index (κ2) is 7.14. The Morgan fingerprint density at radius 3 is 2.29 bits per heavy atom. The first-order valence-electron chi connectivity index (χ1n) is 7.32. The largest absolute Gasteiger partial charge is 0.494 e. The number of hydrogen-bond acceptors (Lipinski definition) is 3. The molecule has 2 aromatic carbocycles. The fourth-order valence-electron chi connectivity index (χ4n) is 2.25. The highest BCUT2D eigenvalue weighted by Gasteiger charge is 2.18. The van der Waals surface area contributed by atoms with Crippen molar-refractivity contribution in [1.29, 1.82) is 0 Å². The van der Waals surface area contributed by atoms with Gasteiger partial charge in [-0.15, -0.1) is 0 Å². The highest BCUT2D eigenvalue weighted by Crippen LogP contribution is 2.26. The van der Waals surface area contributed by atoms with Crippen LogP contribution >= 0.6 is 0 Å². The van der Waals surface area contributed by atoms with Crippen molar-refractivity contribution in [2.24, 2.45) is 5.73 Å². The molecule has 2 unspecified atom stereocenters. The first-order valence-corrected chi connectivity index (χ1v) is 7.32. The van der Waals surface area contributed by atoms with Crippen LogP contribution in [-0.2, 0) is 0 Å². The van der Waals surface area contributed by atoms with Crippen molar-refractivity contribution in [3.63, 3.8) is 0 Å². The SMILES string of the molecule is CCOc1ccc(OC(c2cccc(C)c2)C(C)N)cc1. The van der Waals surface area contributed by atoms with Crippen molar-refractivity contribution in [2.75, 3.05) is 6.61 Å². The molecule has 0 aliphatic heterocycles. The zero-order valence-electron chi connectivity index (χ0n) is 12.9. The molecule has 2 atom stereocenters. The summed E-state index contributed by atoms with van der Waals surface area (Å²) in [6.07, 6.45) is -0.164. The van der Waals surface area contributed by atoms with E-state index in [0.717, 1.165) is 17.1 Å². The van der Waals surface area contributed by atoms with Crippen LogP contribution in [0.4, 0.5) is 0 Å². The maximum absolute atomic E-state index is 6.09. The summed E-state index contributed by atoms with van der Waals surface area (Å²) in [5.41, 5.74) is 8.39. The zero-order chi connectivity index (χ0) is 15.2. The zero-order valence-corrected chi connectivity index (χ0v) is 12.9. The van der Waals surface area contributed by atoms with E-state index in [1.807, 2.05) is 44.2 Å². The predicted molar refractivity (Wildman–Crippen MR) is 85.8 cm³/mol. The van der Waals surface area contributed by atoms with Gasteiger partial charge in [0.1, 0.15) is 17.6 Å². The van der Waals surface area contributed by atoms with Gasteiger partial charge in [0.2, 0.25) is 0 Å². The molecule has 2 N–H and O–H groups in total. The Bertz CT molecular complexity index is 564. The Kier molecular flexibility index (Phi) is 5.23. The smallest absolute Gasteiger partial charge is 0.138 e. The molecule has 2 rings (SSSR count). The molecular weight excluding hydrogens is 262 g/mol. The normalized spacial score (nSPS) is 13.5. The van der Waals surface area contributed by atoms with Crippen molar-refractivity contribution < 1.29 is 9.47 Å². The maximum Gasteiger partial charge on any atom is 0.138 e. The molecule has 0 aromatic heterocycles. The lowest BCUT2D eigenvalue weighted by Crippen LogP contribution is -2.29. The number of nitrogens with two attached hydrogens (primary N) is 1. The summed E-state index contributed by atoms with van der Waals surface area (Å²) < 4.78 is 11.5. The summed E-state index contributed by atoms with van der Waals surface area (Å²) in [5, 5.41) is 0. The van der Waals surface area contributed by atoms with Gasteiger partial charge in [-0.25, -0.2) is 0 Å². The first kappa shape index (κ1) is 15.4. The summed E-state index contributed by atoms with van der Waals surface area (Å²) >= 11 is 0. The molecule has 112 valence electrons. The second-order valence-corrected chi connectivity index (χ2v) is 5.22. The lowest BCUT2D eigenvalue weighted by Gasteiger charge is -2.23. The molecule has 21 heavy (non-hydrogen) atoms. The molecule has 0 radical (unpaired) electrons. The van der Waals surface area contributed by atoms with Gasteiger partial charge in [0.15, 0.2) is 0 Å². The van der Waals surface area contributed by atoms with Crippen LogP contribution in [0.2, 0.25) is 0 Å². The Morgan fingerprint density at radius 1 is 1.05 bits per heavy atom. The Morgan fingerprint density at radius 2 is 1.71 bits per heavy atom. The van der Waals surface area contributed by atoms with Gasteiger partial charge in [0.05, 0.1) is 6.61 Å². The van der Waals surface area contributed by atoms with Gasteiger partial charge in [0.25, 0.3) is 0 Å². The highest BCUT2D eigenvalue weighted by molar-refractivity contribution is 5.33. The van der Waals surface area contributed by atoms with Gasteiger partial charge < -0.3 is 15.2 Å². The van der Waals surface area contributed by atoms with Crippen LogP contribution in [0.1, 0.15) is 31.1 Å². The number of ether oxygens (including phenoxy) is 2. The number of benzene rings is 2. The predicted octanol–water partition coefficient (Wildman–Crippen LogP) is 3.86. The molecule has 0 spiro atoms. The van der Waals surface area contributed by atoms with Crippen molar-refractivity contribution in [3.05, 3.63) is 59.7 Å². The van der Waals surface area contributed by atoms with Gasteiger partial charge in [-0.05, 0) is 50.6 Å². The highest BCUT2D eigenvalue weighted by atomic mass is 16.5. The van der Waals surface area contributed by atoms with E-state index in [4.69, 9.17) is 15.2 Å². The fourth-order valence-corrected chi connectivity index (χ4v) is 2.25. The number of hydrogen-bond donors (Lipinski definition) is 1. The minimum absolute atomic E-state index is 0.0987. The monoisotopic (exact) mass is 285 g/mol. The van der Waals surface area contributed by atoms with Crippen LogP contribution in [0.15, 0.2) is 48.5 Å². The van der Waals surface area contributed by atoms with Gasteiger partial charge in [-0.2, -0.15) is 0 Å². The quantitative estimate of drug-likeness (QED) is 0.876. The third-order valence-corrected chi connectivity index (χ3v) is 3.25. The van der Waals surface area contributed by atoms with Gasteiger partial charge in [0, 0.05) is 6.04 Å². The summed E-state index contributed by atoms with van der Waals surface area (Å²) in [6, 6.07) is 15.8. The lowest BCUT2D eigenvalue weighted by atomic mass is 10.0. The molecule has 0 amide bonds. The number of aryl methyl sites for hydroxylation is 1. The van der Waals surface area contributed by atoms with Crippen LogP contribution in [0.3, 0.4) is 0 Å². The van der Waals surface area contributed by atoms with Crippen LogP contribution < -0.4 is 15.2 Å². The third-order valence-electron chi connectivity index (χ3n) is 3.25. The van der Waals surface area contributed by atoms with Crippen molar-refractivity contribution in [1.82, 2.24) is 0 Å². The molecule has 0 aliphatic carbocycles. The molecule has 3 nitrogen and oxygen atoms in total.